The summed E-state index contributed by atoms with van der Waals surface area (Å²) in [4.78, 5) is 7.56. The smallest absolute Gasteiger partial charge is 0.0475 e. The molecule has 2 fully saturated rings. The van der Waals surface area contributed by atoms with Crippen molar-refractivity contribution in [2.24, 2.45) is 17.6 Å². The van der Waals surface area contributed by atoms with Gasteiger partial charge in [0.15, 0.2) is 0 Å². The topological polar surface area (TPSA) is 56.0 Å². The van der Waals surface area contributed by atoms with Gasteiger partial charge < -0.3 is 20.6 Å². The fourth-order valence-corrected chi connectivity index (χ4v) is 4.43. The molecule has 7 heteroatoms. The fourth-order valence-electron chi connectivity index (χ4n) is 4.43. The van der Waals surface area contributed by atoms with Gasteiger partial charge in [-0.2, -0.15) is 0 Å². The molecule has 1 aromatic rings. The van der Waals surface area contributed by atoms with E-state index in [1.54, 1.807) is 0 Å². The van der Waals surface area contributed by atoms with Crippen molar-refractivity contribution >= 4 is 24.8 Å². The van der Waals surface area contributed by atoms with Crippen LogP contribution in [0.1, 0.15) is 17.5 Å². The van der Waals surface area contributed by atoms with E-state index in [-0.39, 0.29) is 24.8 Å². The first kappa shape index (κ1) is 25.6. The molecule has 0 spiro atoms. The first-order valence-electron chi connectivity index (χ1n) is 10.2. The molecule has 0 saturated carbocycles. The fraction of sp³-hybridized carbons (Fsp3) is 0.714. The van der Waals surface area contributed by atoms with Gasteiger partial charge in [0, 0.05) is 45.9 Å². The molecule has 0 aliphatic carbocycles. The number of hydrogen-bond acceptors (Lipinski definition) is 5. The number of nitrogens with two attached hydrogens (primary N) is 1. The first-order valence-corrected chi connectivity index (χ1v) is 10.2. The Bertz CT molecular complexity index is 546. The zero-order valence-electron chi connectivity index (χ0n) is 17.1. The molecule has 2 saturated heterocycles. The molecule has 28 heavy (non-hydrogen) atoms. The van der Waals surface area contributed by atoms with Crippen LogP contribution in [0, 0.1) is 11.8 Å². The van der Waals surface area contributed by atoms with Crippen LogP contribution >= 0.6 is 24.8 Å². The molecule has 3 N–H and O–H groups in total. The molecule has 2 heterocycles. The predicted octanol–water partition coefficient (Wildman–Crippen LogP) is 1.71. The lowest BCUT2D eigenvalue weighted by Crippen LogP contribution is -2.36. The molecule has 0 amide bonds. The normalized spacial score (nSPS) is 24.4. The highest BCUT2D eigenvalue weighted by Gasteiger charge is 2.33. The SMILES string of the molecule is CN1CCCN(C[C@@H]2CN(Cc3ccc(CCN)cc3)C[C@@H]2CO)CC1.Cl.Cl. The lowest BCUT2D eigenvalue weighted by molar-refractivity contribution is 0.165. The molecule has 0 bridgehead atoms. The zero-order chi connectivity index (χ0) is 18.4. The van der Waals surface area contributed by atoms with Crippen LogP contribution in [0.3, 0.4) is 0 Å². The van der Waals surface area contributed by atoms with E-state index >= 15 is 0 Å². The molecule has 0 unspecified atom stereocenters. The molecule has 162 valence electrons. The van der Waals surface area contributed by atoms with E-state index in [9.17, 15) is 5.11 Å². The average molecular weight is 433 g/mol. The van der Waals surface area contributed by atoms with Gasteiger partial charge in [0.1, 0.15) is 0 Å². The Hall–Kier alpha value is -0.400. The minimum absolute atomic E-state index is 0. The molecular formula is C21H38Cl2N4O. The minimum atomic E-state index is 0. The van der Waals surface area contributed by atoms with E-state index in [1.807, 2.05) is 0 Å². The van der Waals surface area contributed by atoms with Crippen LogP contribution in [0.25, 0.3) is 0 Å². The largest absolute Gasteiger partial charge is 0.396 e. The minimum Gasteiger partial charge on any atom is -0.396 e. The van der Waals surface area contributed by atoms with E-state index in [1.165, 1.54) is 30.6 Å². The summed E-state index contributed by atoms with van der Waals surface area (Å²) in [6.45, 7) is 9.97. The summed E-state index contributed by atoms with van der Waals surface area (Å²) in [7, 11) is 2.22. The maximum atomic E-state index is 9.88. The first-order chi connectivity index (χ1) is 12.7. The number of hydrogen-bond donors (Lipinski definition) is 2. The number of aliphatic hydroxyl groups excluding tert-OH is 1. The van der Waals surface area contributed by atoms with Crippen molar-refractivity contribution in [1.29, 1.82) is 0 Å². The highest BCUT2D eigenvalue weighted by Crippen LogP contribution is 2.26. The number of aliphatic hydroxyl groups is 1. The van der Waals surface area contributed by atoms with E-state index in [4.69, 9.17) is 5.73 Å². The van der Waals surface area contributed by atoms with Crippen molar-refractivity contribution in [2.75, 3.05) is 66.0 Å². The molecule has 1 aromatic carbocycles. The Labute approximate surface area is 183 Å². The van der Waals surface area contributed by atoms with Crippen molar-refractivity contribution in [3.63, 3.8) is 0 Å². The van der Waals surface area contributed by atoms with Crippen LogP contribution in [0.5, 0.6) is 0 Å². The van der Waals surface area contributed by atoms with Crippen LogP contribution in [0.15, 0.2) is 24.3 Å². The predicted molar refractivity (Wildman–Crippen MR) is 122 cm³/mol. The van der Waals surface area contributed by atoms with Crippen molar-refractivity contribution in [1.82, 2.24) is 14.7 Å². The maximum absolute atomic E-state index is 9.88. The van der Waals surface area contributed by atoms with Gasteiger partial charge in [-0.25, -0.2) is 0 Å². The number of likely N-dealkylation sites (N-methyl/N-ethyl adjacent to an activating group) is 1. The van der Waals surface area contributed by atoms with Crippen LogP contribution < -0.4 is 5.73 Å². The Morgan fingerprint density at radius 1 is 0.929 bits per heavy atom. The Morgan fingerprint density at radius 3 is 2.29 bits per heavy atom. The van der Waals surface area contributed by atoms with Crippen LogP contribution in [-0.4, -0.2) is 85.8 Å². The summed E-state index contributed by atoms with van der Waals surface area (Å²) in [5.74, 6) is 0.993. The maximum Gasteiger partial charge on any atom is 0.0475 e. The number of rotatable bonds is 7. The Morgan fingerprint density at radius 2 is 1.61 bits per heavy atom. The van der Waals surface area contributed by atoms with Gasteiger partial charge in [-0.3, -0.25) is 4.90 Å². The van der Waals surface area contributed by atoms with E-state index in [0.29, 0.717) is 25.0 Å². The highest BCUT2D eigenvalue weighted by atomic mass is 35.5. The van der Waals surface area contributed by atoms with Crippen LogP contribution in [0.4, 0.5) is 0 Å². The van der Waals surface area contributed by atoms with E-state index in [2.05, 4.69) is 46.0 Å². The third kappa shape index (κ3) is 7.45. The van der Waals surface area contributed by atoms with Crippen LogP contribution in [0.2, 0.25) is 0 Å². The Kier molecular flexibility index (Phi) is 11.9. The molecule has 2 atom stereocenters. The van der Waals surface area contributed by atoms with Crippen molar-refractivity contribution in [3.8, 4) is 0 Å². The molecule has 0 radical (unpaired) electrons. The second-order valence-corrected chi connectivity index (χ2v) is 8.21. The van der Waals surface area contributed by atoms with Gasteiger partial charge in [-0.15, -0.1) is 24.8 Å². The zero-order valence-corrected chi connectivity index (χ0v) is 18.8. The van der Waals surface area contributed by atoms with E-state index < -0.39 is 0 Å². The van der Waals surface area contributed by atoms with Gasteiger partial charge in [0.2, 0.25) is 0 Å². The second-order valence-electron chi connectivity index (χ2n) is 8.21. The molecule has 2 aliphatic rings. The van der Waals surface area contributed by atoms with Crippen molar-refractivity contribution in [2.45, 2.75) is 19.4 Å². The third-order valence-electron chi connectivity index (χ3n) is 6.05. The highest BCUT2D eigenvalue weighted by molar-refractivity contribution is 5.85. The summed E-state index contributed by atoms with van der Waals surface area (Å²) in [5.41, 5.74) is 8.31. The van der Waals surface area contributed by atoms with Gasteiger partial charge in [0.05, 0.1) is 0 Å². The summed E-state index contributed by atoms with van der Waals surface area (Å²) in [6, 6.07) is 8.87. The lowest BCUT2D eigenvalue weighted by Gasteiger charge is -2.26. The number of nitrogens with zero attached hydrogens (tertiary/aromatic N) is 3. The molecular weight excluding hydrogens is 395 g/mol. The van der Waals surface area contributed by atoms with E-state index in [0.717, 1.165) is 45.7 Å². The van der Waals surface area contributed by atoms with Crippen LogP contribution in [-0.2, 0) is 13.0 Å². The van der Waals surface area contributed by atoms with Crippen molar-refractivity contribution < 1.29 is 5.11 Å². The number of halogens is 2. The summed E-state index contributed by atoms with van der Waals surface area (Å²) in [6.07, 6.45) is 2.20. The summed E-state index contributed by atoms with van der Waals surface area (Å²) in [5, 5.41) is 9.88. The summed E-state index contributed by atoms with van der Waals surface area (Å²) < 4.78 is 0. The molecule has 2 aliphatic heterocycles. The average Bonchev–Trinajstić information content (AvgIpc) is 2.90. The molecule has 3 rings (SSSR count). The third-order valence-corrected chi connectivity index (χ3v) is 6.05. The second kappa shape index (κ2) is 13.0. The number of likely N-dealkylation sites (tertiary alicyclic amines) is 1. The monoisotopic (exact) mass is 432 g/mol. The van der Waals surface area contributed by atoms with Gasteiger partial charge in [-0.1, -0.05) is 24.3 Å². The standard InChI is InChI=1S/C21H36N4O.2ClH/c1-23-9-2-10-24(12-11-23)14-20-15-25(16-21(20)17-26)13-19-5-3-18(4-6-19)7-8-22;;/h3-6,20-21,26H,2,7-17,22H2,1H3;2*1H/t20-,21-;;/m1../s1. The quantitative estimate of drug-likeness (QED) is 0.686. The Balaban J connectivity index is 0.00000196. The van der Waals surface area contributed by atoms with Gasteiger partial charge in [-0.05, 0) is 62.5 Å². The van der Waals surface area contributed by atoms with Crippen molar-refractivity contribution in [3.05, 3.63) is 35.4 Å². The number of benzene rings is 1. The molecule has 0 aromatic heterocycles. The molecule has 5 nitrogen and oxygen atoms in total. The lowest BCUT2D eigenvalue weighted by atomic mass is 9.96. The van der Waals surface area contributed by atoms with Gasteiger partial charge in [0.25, 0.3) is 0 Å². The van der Waals surface area contributed by atoms with Gasteiger partial charge >= 0.3 is 0 Å². The summed E-state index contributed by atoms with van der Waals surface area (Å²) >= 11 is 0.